The van der Waals surface area contributed by atoms with Crippen molar-refractivity contribution in [2.24, 2.45) is 0 Å². The van der Waals surface area contributed by atoms with Crippen LogP contribution in [0.4, 0.5) is 35.9 Å². The summed E-state index contributed by atoms with van der Waals surface area (Å²) in [5.74, 6) is -1.49. The predicted octanol–water partition coefficient (Wildman–Crippen LogP) is 2.99. The number of fused-ring (bicyclic) bond motifs is 2. The SMILES string of the molecule is Nc1cc(Nc2cc(S(=O)(=O)O)c(N)c3c2C(=O)c2ccccc2C3=O)cc(C(F)(F)F)c1.[NaH]. The van der Waals surface area contributed by atoms with Crippen molar-refractivity contribution in [1.82, 2.24) is 0 Å². The Kier molecular flexibility index (Phi) is 6.59. The minimum atomic E-state index is -4.97. The Morgan fingerprint density at radius 1 is 0.882 bits per heavy atom. The van der Waals surface area contributed by atoms with E-state index in [0.717, 1.165) is 12.1 Å². The number of carbonyl (C=O) groups excluding carboxylic acids is 2. The van der Waals surface area contributed by atoms with Crippen LogP contribution in [0.1, 0.15) is 37.4 Å². The number of benzene rings is 3. The monoisotopic (exact) mass is 501 g/mol. The van der Waals surface area contributed by atoms with Gasteiger partial charge in [0.2, 0.25) is 0 Å². The average Bonchev–Trinajstić information content (AvgIpc) is 2.71. The topological polar surface area (TPSA) is 153 Å². The van der Waals surface area contributed by atoms with Gasteiger partial charge in [-0.1, -0.05) is 24.3 Å². The van der Waals surface area contributed by atoms with Crippen molar-refractivity contribution in [3.63, 3.8) is 0 Å². The molecule has 8 nitrogen and oxygen atoms in total. The number of ketones is 2. The summed E-state index contributed by atoms with van der Waals surface area (Å²) in [5, 5.41) is 2.52. The zero-order valence-corrected chi connectivity index (χ0v) is 17.2. The second kappa shape index (κ2) is 8.71. The normalized spacial score (nSPS) is 13.1. The van der Waals surface area contributed by atoms with E-state index in [1.807, 2.05) is 0 Å². The number of nitrogens with one attached hydrogen (secondary N) is 1. The molecule has 3 aromatic carbocycles. The summed E-state index contributed by atoms with van der Waals surface area (Å²) in [6.45, 7) is 0. The van der Waals surface area contributed by atoms with Gasteiger partial charge in [-0.2, -0.15) is 21.6 Å². The molecule has 0 saturated carbocycles. The van der Waals surface area contributed by atoms with E-state index in [1.54, 1.807) is 0 Å². The molecule has 172 valence electrons. The Balaban J connectivity index is 0.00000324. The zero-order chi connectivity index (χ0) is 24.3. The van der Waals surface area contributed by atoms with Gasteiger partial charge in [-0.3, -0.25) is 14.1 Å². The molecule has 0 unspecified atom stereocenters. The van der Waals surface area contributed by atoms with Gasteiger partial charge < -0.3 is 16.8 Å². The van der Waals surface area contributed by atoms with Gasteiger partial charge in [0.15, 0.2) is 11.6 Å². The number of rotatable bonds is 3. The summed E-state index contributed by atoms with van der Waals surface area (Å²) in [6.07, 6.45) is -4.74. The third-order valence-electron chi connectivity index (χ3n) is 5.04. The number of anilines is 4. The number of hydrogen-bond acceptors (Lipinski definition) is 7. The number of hydrogen-bond donors (Lipinski definition) is 4. The molecule has 0 atom stereocenters. The first-order chi connectivity index (χ1) is 15.3. The molecule has 0 amide bonds. The van der Waals surface area contributed by atoms with Crippen LogP contribution in [-0.4, -0.2) is 54.1 Å². The summed E-state index contributed by atoms with van der Waals surface area (Å²) < 4.78 is 73.0. The van der Waals surface area contributed by atoms with Gasteiger partial charge in [-0.05, 0) is 24.3 Å². The van der Waals surface area contributed by atoms with Gasteiger partial charge >= 0.3 is 35.7 Å². The molecule has 0 heterocycles. The van der Waals surface area contributed by atoms with E-state index in [9.17, 15) is 35.7 Å². The summed E-state index contributed by atoms with van der Waals surface area (Å²) in [4.78, 5) is 25.4. The van der Waals surface area contributed by atoms with E-state index in [2.05, 4.69) is 5.32 Å². The van der Waals surface area contributed by atoms with Crippen molar-refractivity contribution in [1.29, 1.82) is 0 Å². The van der Waals surface area contributed by atoms with Crippen LogP contribution in [0.3, 0.4) is 0 Å². The Hall–Kier alpha value is -2.90. The summed E-state index contributed by atoms with van der Waals surface area (Å²) in [5.41, 5.74) is 7.94. The molecule has 0 fully saturated rings. The van der Waals surface area contributed by atoms with Gasteiger partial charge in [0.25, 0.3) is 10.1 Å². The van der Waals surface area contributed by atoms with E-state index in [-0.39, 0.29) is 63.3 Å². The third-order valence-corrected chi connectivity index (χ3v) is 5.93. The molecule has 0 spiro atoms. The molecule has 34 heavy (non-hydrogen) atoms. The summed E-state index contributed by atoms with van der Waals surface area (Å²) in [6, 6.07) is 8.99. The maximum atomic E-state index is 13.2. The van der Waals surface area contributed by atoms with Crippen LogP contribution < -0.4 is 16.8 Å². The Labute approximate surface area is 213 Å². The van der Waals surface area contributed by atoms with Crippen LogP contribution in [0.15, 0.2) is 53.4 Å². The number of nitrogens with two attached hydrogens (primary N) is 2. The molecule has 1 aliphatic rings. The fourth-order valence-electron chi connectivity index (χ4n) is 3.65. The quantitative estimate of drug-likeness (QED) is 0.190. The summed E-state index contributed by atoms with van der Waals surface area (Å²) >= 11 is 0. The molecule has 13 heteroatoms. The van der Waals surface area contributed by atoms with Crippen LogP contribution in [0.5, 0.6) is 0 Å². The van der Waals surface area contributed by atoms with Crippen LogP contribution >= 0.6 is 0 Å². The molecule has 0 aliphatic heterocycles. The van der Waals surface area contributed by atoms with Crippen LogP contribution in [0, 0.1) is 0 Å². The van der Waals surface area contributed by atoms with E-state index in [0.29, 0.717) is 12.1 Å². The van der Waals surface area contributed by atoms with Crippen molar-refractivity contribution in [2.45, 2.75) is 11.1 Å². The van der Waals surface area contributed by atoms with Crippen molar-refractivity contribution < 1.29 is 35.7 Å². The van der Waals surface area contributed by atoms with Crippen molar-refractivity contribution in [3.05, 3.63) is 76.3 Å². The molecule has 0 saturated heterocycles. The molecule has 0 aromatic heterocycles. The van der Waals surface area contributed by atoms with Crippen LogP contribution in [0.25, 0.3) is 0 Å². The molecule has 3 aromatic rings. The van der Waals surface area contributed by atoms with E-state index in [1.165, 1.54) is 24.3 Å². The molecule has 6 N–H and O–H groups in total. The van der Waals surface area contributed by atoms with E-state index < -0.39 is 49.6 Å². The number of halogens is 3. The Bertz CT molecular complexity index is 1470. The van der Waals surface area contributed by atoms with Crippen LogP contribution in [-0.2, 0) is 16.3 Å². The Morgan fingerprint density at radius 3 is 1.97 bits per heavy atom. The van der Waals surface area contributed by atoms with E-state index in [4.69, 9.17) is 11.5 Å². The first kappa shape index (κ1) is 25.7. The van der Waals surface area contributed by atoms with E-state index >= 15 is 0 Å². The number of carbonyl (C=O) groups is 2. The van der Waals surface area contributed by atoms with Gasteiger partial charge in [-0.15, -0.1) is 0 Å². The van der Waals surface area contributed by atoms with Gasteiger partial charge in [0.1, 0.15) is 4.90 Å². The van der Waals surface area contributed by atoms with Crippen molar-refractivity contribution in [2.75, 3.05) is 16.8 Å². The van der Waals surface area contributed by atoms with Crippen molar-refractivity contribution in [3.8, 4) is 0 Å². The average molecular weight is 501 g/mol. The first-order valence-electron chi connectivity index (χ1n) is 9.16. The molecule has 1 aliphatic carbocycles. The Morgan fingerprint density at radius 2 is 1.44 bits per heavy atom. The molecule has 0 bridgehead atoms. The second-order valence-corrected chi connectivity index (χ2v) is 8.62. The van der Waals surface area contributed by atoms with Crippen LogP contribution in [0.2, 0.25) is 0 Å². The fourth-order valence-corrected chi connectivity index (χ4v) is 4.30. The number of nitrogen functional groups attached to an aromatic ring is 2. The first-order valence-corrected chi connectivity index (χ1v) is 10.6. The molecule has 0 radical (unpaired) electrons. The van der Waals surface area contributed by atoms with Gasteiger partial charge in [-0.25, -0.2) is 0 Å². The second-order valence-electron chi connectivity index (χ2n) is 7.23. The third kappa shape index (κ3) is 4.42. The minimum absolute atomic E-state index is 0. The number of alkyl halides is 3. The molecular weight excluding hydrogens is 486 g/mol. The fraction of sp³-hybridized carbons (Fsp3) is 0.0476. The zero-order valence-electron chi connectivity index (χ0n) is 16.4. The van der Waals surface area contributed by atoms with Gasteiger partial charge in [0.05, 0.1) is 28.1 Å². The van der Waals surface area contributed by atoms with Crippen molar-refractivity contribution >= 4 is 74.0 Å². The molecular formula is C21H15F3N3NaO5S. The predicted molar refractivity (Wildman–Crippen MR) is 120 cm³/mol. The molecule has 4 rings (SSSR count). The standard InChI is InChI=1S/C21H14F3N3O5S.Na.H/c22-21(23,24)9-5-10(25)7-11(6-9)27-14-8-15(33(30,31)32)18(26)17-16(14)19(28)12-3-1-2-4-13(12)20(17)29;;/h1-8,27H,25-26H2,(H,30,31,32);;. The maximum absolute atomic E-state index is 13.2. The van der Waals surface area contributed by atoms with Gasteiger partial charge in [0, 0.05) is 22.5 Å². The summed E-state index contributed by atoms with van der Waals surface area (Å²) in [7, 11) is -4.97.